The lowest BCUT2D eigenvalue weighted by Gasteiger charge is -2.33. The van der Waals surface area contributed by atoms with Crippen molar-refractivity contribution in [1.82, 2.24) is 31.2 Å². The van der Waals surface area contributed by atoms with Gasteiger partial charge in [0, 0.05) is 37.7 Å². The van der Waals surface area contributed by atoms with E-state index in [2.05, 4.69) is 31.2 Å². The monoisotopic (exact) mass is 722 g/mol. The van der Waals surface area contributed by atoms with Crippen LogP contribution in [-0.2, 0) is 32.0 Å². The number of hydrogen-bond donors (Lipinski definition) is 6. The molecule has 0 aliphatic heterocycles. The molecule has 2 saturated carbocycles. The van der Waals surface area contributed by atoms with E-state index >= 15 is 0 Å². The van der Waals surface area contributed by atoms with E-state index in [1.807, 2.05) is 30.3 Å². The highest BCUT2D eigenvalue weighted by Gasteiger charge is 2.35. The van der Waals surface area contributed by atoms with Crippen LogP contribution in [-0.4, -0.2) is 75.8 Å². The number of H-pyrrole nitrogens is 1. The summed E-state index contributed by atoms with van der Waals surface area (Å²) >= 11 is 0. The van der Waals surface area contributed by atoms with Gasteiger partial charge in [-0.05, 0) is 57.4 Å². The predicted octanol–water partition coefficient (Wildman–Crippen LogP) is 5.11. The van der Waals surface area contributed by atoms with Gasteiger partial charge in [0.1, 0.15) is 17.7 Å². The molecular formula is C40H62N6O6. The van der Waals surface area contributed by atoms with E-state index in [9.17, 15) is 24.3 Å². The normalized spacial score (nSPS) is 18.6. The molecule has 4 rings (SSSR count). The van der Waals surface area contributed by atoms with E-state index in [0.717, 1.165) is 56.9 Å². The molecule has 2 unspecified atom stereocenters. The molecule has 1 aromatic carbocycles. The molecular weight excluding hydrogens is 660 g/mol. The summed E-state index contributed by atoms with van der Waals surface area (Å²) in [4.78, 5) is 61.4. The number of hydrogen-bond acceptors (Lipinski definition) is 7. The summed E-state index contributed by atoms with van der Waals surface area (Å²) in [7, 11) is 1.63. The molecule has 2 fully saturated rings. The first kappa shape index (κ1) is 40.8. The van der Waals surface area contributed by atoms with Gasteiger partial charge in [-0.15, -0.1) is 0 Å². The molecule has 0 radical (unpaired) electrons. The van der Waals surface area contributed by atoms with E-state index in [-0.39, 0.29) is 31.1 Å². The SMILES string of the molecule is CNC(=O)C(CC1CCCCC1)CC(O)[C@H](CC1CCCCC1)NC(=O)[C@H](Cc1cnc[nH]1)NC(=O)[C@H](Cc1ccccc1)NC(=O)OC(C)(C)C. The molecule has 5 atom stereocenters. The van der Waals surface area contributed by atoms with Crippen LogP contribution < -0.4 is 21.3 Å². The van der Waals surface area contributed by atoms with E-state index in [1.54, 1.807) is 34.0 Å². The van der Waals surface area contributed by atoms with Crippen LogP contribution in [0.4, 0.5) is 4.79 Å². The smallest absolute Gasteiger partial charge is 0.408 e. The van der Waals surface area contributed by atoms with Crippen molar-refractivity contribution < 1.29 is 29.0 Å². The Morgan fingerprint density at radius 3 is 2.00 bits per heavy atom. The van der Waals surface area contributed by atoms with E-state index in [4.69, 9.17) is 4.74 Å². The van der Waals surface area contributed by atoms with Gasteiger partial charge in [0.2, 0.25) is 17.7 Å². The number of ether oxygens (including phenoxy) is 1. The number of carbonyl (C=O) groups excluding carboxylic acids is 4. The average molecular weight is 723 g/mol. The van der Waals surface area contributed by atoms with Crippen molar-refractivity contribution in [3.05, 3.63) is 54.1 Å². The zero-order valence-electron chi connectivity index (χ0n) is 31.6. The Balaban J connectivity index is 1.55. The first-order valence-corrected chi connectivity index (χ1v) is 19.4. The van der Waals surface area contributed by atoms with Crippen molar-refractivity contribution in [2.24, 2.45) is 17.8 Å². The Hall–Kier alpha value is -3.93. The Bertz CT molecular complexity index is 1380. The number of nitrogens with one attached hydrogen (secondary N) is 5. The number of aromatic nitrogens is 2. The zero-order valence-corrected chi connectivity index (χ0v) is 31.6. The molecule has 2 aromatic rings. The van der Waals surface area contributed by atoms with Crippen molar-refractivity contribution in [3.63, 3.8) is 0 Å². The van der Waals surface area contributed by atoms with Crippen LogP contribution in [0.1, 0.15) is 115 Å². The first-order chi connectivity index (χ1) is 24.9. The number of nitrogens with zero attached hydrogens (tertiary/aromatic N) is 1. The Morgan fingerprint density at radius 1 is 0.827 bits per heavy atom. The van der Waals surface area contributed by atoms with Gasteiger partial charge in [-0.1, -0.05) is 94.5 Å². The van der Waals surface area contributed by atoms with Gasteiger partial charge in [0.25, 0.3) is 0 Å². The highest BCUT2D eigenvalue weighted by Crippen LogP contribution is 2.33. The predicted molar refractivity (Wildman–Crippen MR) is 200 cm³/mol. The van der Waals surface area contributed by atoms with Crippen LogP contribution >= 0.6 is 0 Å². The molecule has 2 aliphatic rings. The third-order valence-corrected chi connectivity index (χ3v) is 10.5. The van der Waals surface area contributed by atoms with Crippen molar-refractivity contribution in [3.8, 4) is 0 Å². The highest BCUT2D eigenvalue weighted by atomic mass is 16.6. The fraction of sp³-hybridized carbons (Fsp3) is 0.675. The van der Waals surface area contributed by atoms with Crippen LogP contribution in [0.15, 0.2) is 42.9 Å². The lowest BCUT2D eigenvalue weighted by atomic mass is 9.79. The van der Waals surface area contributed by atoms with Gasteiger partial charge in [-0.3, -0.25) is 14.4 Å². The molecule has 4 amide bonds. The lowest BCUT2D eigenvalue weighted by molar-refractivity contribution is -0.131. The van der Waals surface area contributed by atoms with E-state index in [0.29, 0.717) is 30.4 Å². The number of alkyl carbamates (subject to hydrolysis) is 1. The fourth-order valence-electron chi connectivity index (χ4n) is 7.78. The van der Waals surface area contributed by atoms with Gasteiger partial charge < -0.3 is 36.1 Å². The van der Waals surface area contributed by atoms with Gasteiger partial charge >= 0.3 is 6.09 Å². The highest BCUT2D eigenvalue weighted by molar-refractivity contribution is 5.91. The Labute approximate surface area is 309 Å². The van der Waals surface area contributed by atoms with E-state index < -0.39 is 47.7 Å². The molecule has 0 bridgehead atoms. The third kappa shape index (κ3) is 13.9. The van der Waals surface area contributed by atoms with Crippen molar-refractivity contribution in [2.45, 2.75) is 147 Å². The van der Waals surface area contributed by atoms with Crippen LogP contribution in [0.5, 0.6) is 0 Å². The summed E-state index contributed by atoms with van der Waals surface area (Å²) in [5, 5.41) is 23.4. The maximum absolute atomic E-state index is 14.3. The van der Waals surface area contributed by atoms with Gasteiger partial charge in [0.05, 0.1) is 18.5 Å². The van der Waals surface area contributed by atoms with Gasteiger partial charge in [-0.2, -0.15) is 0 Å². The number of aromatic amines is 1. The average Bonchev–Trinajstić information content (AvgIpc) is 3.64. The lowest BCUT2D eigenvalue weighted by Crippen LogP contribution is -2.58. The number of amides is 4. The number of carbonyl (C=O) groups is 4. The molecule has 52 heavy (non-hydrogen) atoms. The quantitative estimate of drug-likeness (QED) is 0.132. The van der Waals surface area contributed by atoms with Crippen molar-refractivity contribution in [2.75, 3.05) is 7.05 Å². The van der Waals surface area contributed by atoms with Crippen LogP contribution in [0, 0.1) is 17.8 Å². The summed E-state index contributed by atoms with van der Waals surface area (Å²) in [6, 6.07) is 6.61. The molecule has 12 heteroatoms. The number of benzene rings is 1. The maximum Gasteiger partial charge on any atom is 0.408 e. The van der Waals surface area contributed by atoms with Crippen LogP contribution in [0.3, 0.4) is 0 Å². The summed E-state index contributed by atoms with van der Waals surface area (Å²) in [6.45, 7) is 5.23. The molecule has 12 nitrogen and oxygen atoms in total. The summed E-state index contributed by atoms with van der Waals surface area (Å²) < 4.78 is 5.47. The summed E-state index contributed by atoms with van der Waals surface area (Å²) in [5.74, 6) is -0.680. The largest absolute Gasteiger partial charge is 0.444 e. The van der Waals surface area contributed by atoms with Crippen molar-refractivity contribution in [1.29, 1.82) is 0 Å². The second-order valence-corrected chi connectivity index (χ2v) is 15.9. The zero-order chi connectivity index (χ0) is 37.5. The topological polar surface area (TPSA) is 175 Å². The van der Waals surface area contributed by atoms with Gasteiger partial charge in [-0.25, -0.2) is 9.78 Å². The van der Waals surface area contributed by atoms with Crippen LogP contribution in [0.2, 0.25) is 0 Å². The molecule has 0 saturated heterocycles. The maximum atomic E-state index is 14.3. The molecule has 6 N–H and O–H groups in total. The second-order valence-electron chi connectivity index (χ2n) is 15.9. The Kier molecular flexibility index (Phi) is 16.0. The minimum Gasteiger partial charge on any atom is -0.444 e. The number of rotatable bonds is 17. The third-order valence-electron chi connectivity index (χ3n) is 10.5. The van der Waals surface area contributed by atoms with Gasteiger partial charge in [0.15, 0.2) is 0 Å². The van der Waals surface area contributed by atoms with Crippen LogP contribution in [0.25, 0.3) is 0 Å². The molecule has 0 spiro atoms. The van der Waals surface area contributed by atoms with E-state index in [1.165, 1.54) is 19.2 Å². The summed E-state index contributed by atoms with van der Waals surface area (Å²) in [5.41, 5.74) is 0.682. The summed E-state index contributed by atoms with van der Waals surface area (Å²) in [6.07, 6.45) is 14.4. The molecule has 2 aliphatic carbocycles. The van der Waals surface area contributed by atoms with Crippen molar-refractivity contribution >= 4 is 23.8 Å². The standard InChI is InChI=1S/C40H62N6O6/c1-40(2,3)52-39(51)46-33(22-29-18-12-7-13-19-29)37(49)45-34(24-31-25-42-26-43-31)38(50)44-32(21-28-16-10-6-11-17-28)35(47)23-30(36(48)41-4)20-27-14-8-5-9-15-27/h7,12-13,18-19,25-28,30,32-35,47H,5-6,8-11,14-17,20-24H2,1-4H3,(H,41,48)(H,42,43)(H,44,50)(H,45,49)(H,46,51)/t30?,32-,33-,34-,35?/m0/s1. The first-order valence-electron chi connectivity index (χ1n) is 19.4. The molecule has 1 aromatic heterocycles. The number of aliphatic hydroxyl groups excluding tert-OH is 1. The second kappa shape index (κ2) is 20.3. The minimum atomic E-state index is -1.05. The number of aliphatic hydroxyl groups is 1. The molecule has 1 heterocycles. The molecule has 288 valence electrons. The number of imidazole rings is 1. The Morgan fingerprint density at radius 2 is 1.42 bits per heavy atom. The minimum absolute atomic E-state index is 0.0845. The fourth-order valence-corrected chi connectivity index (χ4v) is 7.78.